The molecule has 0 unspecified atom stereocenters. The molecule has 84 valence electrons. The topological polar surface area (TPSA) is 59.4 Å². The van der Waals surface area contributed by atoms with E-state index in [0.717, 1.165) is 31.4 Å². The molecule has 0 aliphatic heterocycles. The summed E-state index contributed by atoms with van der Waals surface area (Å²) in [7, 11) is 0. The van der Waals surface area contributed by atoms with E-state index in [0.29, 0.717) is 11.8 Å². The normalized spacial score (nSPS) is 31.8. The molecule has 0 amide bonds. The Balaban J connectivity index is 2.22. The van der Waals surface area contributed by atoms with Gasteiger partial charge in [-0.15, -0.1) is 0 Å². The van der Waals surface area contributed by atoms with Crippen LogP contribution in [0.5, 0.6) is 0 Å². The van der Waals surface area contributed by atoms with Crippen LogP contribution >= 0.6 is 11.6 Å². The van der Waals surface area contributed by atoms with Gasteiger partial charge in [0.25, 0.3) is 0 Å². The second kappa shape index (κ2) is 4.16. The summed E-state index contributed by atoms with van der Waals surface area (Å²) in [4.78, 5) is 0. The minimum atomic E-state index is -0.185. The standard InChI is InChI=1S/C11H16ClNO2/c12-10-2-1-9(15-10)11(7-13)5-3-8(14)4-6-11/h1-2,8,14H,3-7,13H2. The van der Waals surface area contributed by atoms with Gasteiger partial charge in [0.2, 0.25) is 0 Å². The van der Waals surface area contributed by atoms with E-state index < -0.39 is 0 Å². The number of aliphatic hydroxyl groups excluding tert-OH is 1. The van der Waals surface area contributed by atoms with Crippen molar-refractivity contribution in [1.82, 2.24) is 0 Å². The maximum Gasteiger partial charge on any atom is 0.193 e. The van der Waals surface area contributed by atoms with Crippen molar-refractivity contribution in [3.8, 4) is 0 Å². The number of nitrogens with two attached hydrogens (primary N) is 1. The Hall–Kier alpha value is -0.510. The fourth-order valence-electron chi connectivity index (χ4n) is 2.31. The van der Waals surface area contributed by atoms with Crippen LogP contribution in [-0.4, -0.2) is 17.8 Å². The van der Waals surface area contributed by atoms with E-state index in [-0.39, 0.29) is 11.5 Å². The van der Waals surface area contributed by atoms with Gasteiger partial charge in [0, 0.05) is 12.0 Å². The third kappa shape index (κ3) is 2.05. The number of hydrogen-bond donors (Lipinski definition) is 2. The van der Waals surface area contributed by atoms with Gasteiger partial charge < -0.3 is 15.3 Å². The fourth-order valence-corrected chi connectivity index (χ4v) is 2.45. The molecule has 1 aromatic rings. The highest BCUT2D eigenvalue weighted by molar-refractivity contribution is 6.28. The first-order valence-corrected chi connectivity index (χ1v) is 5.68. The molecular formula is C11H16ClNO2. The molecule has 0 aromatic carbocycles. The quantitative estimate of drug-likeness (QED) is 0.816. The lowest BCUT2D eigenvalue weighted by Crippen LogP contribution is -2.39. The van der Waals surface area contributed by atoms with E-state index >= 15 is 0 Å². The summed E-state index contributed by atoms with van der Waals surface area (Å²) in [6.45, 7) is 0.545. The number of halogens is 1. The second-order valence-electron chi connectivity index (χ2n) is 4.32. The molecule has 1 aliphatic carbocycles. The summed E-state index contributed by atoms with van der Waals surface area (Å²) in [5, 5.41) is 9.90. The molecule has 0 bridgehead atoms. The highest BCUT2D eigenvalue weighted by atomic mass is 35.5. The molecule has 1 saturated carbocycles. The first-order chi connectivity index (χ1) is 7.16. The van der Waals surface area contributed by atoms with Crippen molar-refractivity contribution in [2.45, 2.75) is 37.2 Å². The summed E-state index contributed by atoms with van der Waals surface area (Å²) < 4.78 is 5.46. The number of hydrogen-bond acceptors (Lipinski definition) is 3. The van der Waals surface area contributed by atoms with Crippen LogP contribution in [-0.2, 0) is 5.41 Å². The number of rotatable bonds is 2. The van der Waals surface area contributed by atoms with Crippen molar-refractivity contribution in [3.05, 3.63) is 23.1 Å². The molecule has 1 aromatic heterocycles. The molecule has 3 nitrogen and oxygen atoms in total. The van der Waals surface area contributed by atoms with Crippen molar-refractivity contribution < 1.29 is 9.52 Å². The monoisotopic (exact) mass is 229 g/mol. The third-order valence-electron chi connectivity index (χ3n) is 3.40. The van der Waals surface area contributed by atoms with Gasteiger partial charge in [-0.25, -0.2) is 0 Å². The smallest absolute Gasteiger partial charge is 0.193 e. The zero-order valence-corrected chi connectivity index (χ0v) is 9.33. The first kappa shape index (κ1) is 11.0. The van der Waals surface area contributed by atoms with Crippen LogP contribution in [0.3, 0.4) is 0 Å². The van der Waals surface area contributed by atoms with E-state index in [1.807, 2.05) is 6.07 Å². The minimum Gasteiger partial charge on any atom is -0.449 e. The Bertz CT molecular complexity index is 329. The van der Waals surface area contributed by atoms with Crippen LogP contribution in [0.25, 0.3) is 0 Å². The Kier molecular flexibility index (Phi) is 3.05. The highest BCUT2D eigenvalue weighted by Gasteiger charge is 2.37. The molecule has 1 aliphatic rings. The molecule has 1 heterocycles. The Morgan fingerprint density at radius 1 is 1.47 bits per heavy atom. The molecule has 15 heavy (non-hydrogen) atoms. The molecule has 0 atom stereocenters. The third-order valence-corrected chi connectivity index (χ3v) is 3.60. The average molecular weight is 230 g/mol. The number of aliphatic hydroxyl groups is 1. The Morgan fingerprint density at radius 2 is 2.13 bits per heavy atom. The summed E-state index contributed by atoms with van der Waals surface area (Å²) >= 11 is 5.77. The van der Waals surface area contributed by atoms with Crippen molar-refractivity contribution >= 4 is 11.6 Å². The lowest BCUT2D eigenvalue weighted by Gasteiger charge is -2.36. The lowest BCUT2D eigenvalue weighted by atomic mass is 9.71. The molecular weight excluding hydrogens is 214 g/mol. The van der Waals surface area contributed by atoms with Gasteiger partial charge in [-0.1, -0.05) is 0 Å². The van der Waals surface area contributed by atoms with Crippen molar-refractivity contribution in [1.29, 1.82) is 0 Å². The van der Waals surface area contributed by atoms with Crippen molar-refractivity contribution in [2.75, 3.05) is 6.54 Å². The molecule has 3 N–H and O–H groups in total. The lowest BCUT2D eigenvalue weighted by molar-refractivity contribution is 0.0901. The summed E-state index contributed by atoms with van der Waals surface area (Å²) in [6, 6.07) is 3.65. The van der Waals surface area contributed by atoms with Gasteiger partial charge >= 0.3 is 0 Å². The van der Waals surface area contributed by atoms with E-state index in [1.54, 1.807) is 6.07 Å². The van der Waals surface area contributed by atoms with Gasteiger partial charge in [0.15, 0.2) is 5.22 Å². The summed E-state index contributed by atoms with van der Waals surface area (Å²) in [6.07, 6.45) is 3.13. The van der Waals surface area contributed by atoms with Gasteiger partial charge in [-0.05, 0) is 49.4 Å². The predicted molar refractivity (Wildman–Crippen MR) is 58.9 cm³/mol. The molecule has 0 saturated heterocycles. The predicted octanol–water partition coefficient (Wildman–Crippen LogP) is 2.06. The van der Waals surface area contributed by atoms with Crippen LogP contribution < -0.4 is 5.73 Å². The van der Waals surface area contributed by atoms with Crippen LogP contribution in [0.1, 0.15) is 31.4 Å². The van der Waals surface area contributed by atoms with Gasteiger partial charge in [-0.3, -0.25) is 0 Å². The highest BCUT2D eigenvalue weighted by Crippen LogP contribution is 2.39. The first-order valence-electron chi connectivity index (χ1n) is 5.30. The average Bonchev–Trinajstić information content (AvgIpc) is 2.67. The maximum absolute atomic E-state index is 9.49. The number of furan rings is 1. The van der Waals surface area contributed by atoms with Crippen LogP contribution in [0, 0.1) is 0 Å². The zero-order chi connectivity index (χ0) is 10.9. The molecule has 0 radical (unpaired) electrons. The summed E-state index contributed by atoms with van der Waals surface area (Å²) in [5.74, 6) is 0.863. The summed E-state index contributed by atoms with van der Waals surface area (Å²) in [5.41, 5.74) is 5.72. The van der Waals surface area contributed by atoms with E-state index in [9.17, 15) is 5.11 Å². The fraction of sp³-hybridized carbons (Fsp3) is 0.636. The molecule has 2 rings (SSSR count). The van der Waals surface area contributed by atoms with Crippen molar-refractivity contribution in [3.63, 3.8) is 0 Å². The van der Waals surface area contributed by atoms with Gasteiger partial charge in [0.1, 0.15) is 5.76 Å². The second-order valence-corrected chi connectivity index (χ2v) is 4.69. The Morgan fingerprint density at radius 3 is 2.60 bits per heavy atom. The van der Waals surface area contributed by atoms with E-state index in [4.69, 9.17) is 21.8 Å². The Labute approximate surface area is 94.2 Å². The van der Waals surface area contributed by atoms with Gasteiger partial charge in [-0.2, -0.15) is 0 Å². The molecule has 4 heteroatoms. The van der Waals surface area contributed by atoms with Crippen LogP contribution in [0.4, 0.5) is 0 Å². The van der Waals surface area contributed by atoms with Crippen molar-refractivity contribution in [2.24, 2.45) is 5.73 Å². The largest absolute Gasteiger partial charge is 0.449 e. The van der Waals surface area contributed by atoms with E-state index in [1.165, 1.54) is 0 Å². The zero-order valence-electron chi connectivity index (χ0n) is 8.58. The van der Waals surface area contributed by atoms with Crippen LogP contribution in [0.15, 0.2) is 16.5 Å². The van der Waals surface area contributed by atoms with Gasteiger partial charge in [0.05, 0.1) is 6.10 Å². The molecule has 1 fully saturated rings. The molecule has 0 spiro atoms. The maximum atomic E-state index is 9.49. The van der Waals surface area contributed by atoms with E-state index in [2.05, 4.69) is 0 Å². The van der Waals surface area contributed by atoms with Crippen LogP contribution in [0.2, 0.25) is 5.22 Å². The minimum absolute atomic E-state index is 0.119. The SMILES string of the molecule is NCC1(c2ccc(Cl)o2)CCC(O)CC1.